The fourth-order valence-corrected chi connectivity index (χ4v) is 5.31. The lowest BCUT2D eigenvalue weighted by molar-refractivity contribution is -0.119. The minimum Gasteiger partial charge on any atom is -0.370 e. The number of aromatic nitrogens is 1. The van der Waals surface area contributed by atoms with E-state index in [1.165, 1.54) is 11.3 Å². The molecule has 4 rings (SSSR count). The van der Waals surface area contributed by atoms with E-state index < -0.39 is 0 Å². The van der Waals surface area contributed by atoms with Gasteiger partial charge in [-0.15, -0.1) is 11.3 Å². The Labute approximate surface area is 179 Å². The molecule has 6 nitrogen and oxygen atoms in total. The second-order valence-electron chi connectivity index (χ2n) is 8.13. The molecule has 0 aliphatic carbocycles. The number of likely N-dealkylation sites (tertiary alicyclic amines) is 2. The van der Waals surface area contributed by atoms with Crippen molar-refractivity contribution in [2.24, 2.45) is 17.6 Å². The molecule has 3 heterocycles. The van der Waals surface area contributed by atoms with Crippen molar-refractivity contribution in [3.63, 3.8) is 0 Å². The number of nitrogens with two attached hydrogens (primary N) is 1. The van der Waals surface area contributed by atoms with E-state index in [0.29, 0.717) is 22.6 Å². The van der Waals surface area contributed by atoms with Gasteiger partial charge in [-0.05, 0) is 42.9 Å². The molecular formula is C21H25ClN4O2S. The van der Waals surface area contributed by atoms with Crippen molar-refractivity contribution in [1.82, 2.24) is 14.8 Å². The van der Waals surface area contributed by atoms with Gasteiger partial charge in [0.15, 0.2) is 0 Å². The first-order chi connectivity index (χ1) is 13.8. The van der Waals surface area contributed by atoms with Crippen LogP contribution >= 0.6 is 22.9 Å². The van der Waals surface area contributed by atoms with E-state index in [9.17, 15) is 9.59 Å². The largest absolute Gasteiger partial charge is 0.370 e. The Morgan fingerprint density at radius 3 is 2.48 bits per heavy atom. The summed E-state index contributed by atoms with van der Waals surface area (Å²) in [5.41, 5.74) is 8.13. The molecule has 154 valence electrons. The predicted molar refractivity (Wildman–Crippen MR) is 114 cm³/mol. The van der Waals surface area contributed by atoms with Crippen LogP contribution in [0.3, 0.4) is 0 Å². The lowest BCUT2D eigenvalue weighted by Crippen LogP contribution is -2.36. The van der Waals surface area contributed by atoms with Gasteiger partial charge in [0.1, 0.15) is 5.69 Å². The van der Waals surface area contributed by atoms with E-state index in [1.54, 1.807) is 0 Å². The normalized spacial score (nSPS) is 22.7. The maximum absolute atomic E-state index is 12.7. The molecule has 2 saturated heterocycles. The van der Waals surface area contributed by atoms with E-state index in [-0.39, 0.29) is 24.3 Å². The van der Waals surface area contributed by atoms with Crippen LogP contribution in [-0.2, 0) is 4.79 Å². The summed E-state index contributed by atoms with van der Waals surface area (Å²) < 4.78 is 0. The molecule has 0 saturated carbocycles. The molecule has 29 heavy (non-hydrogen) atoms. The predicted octanol–water partition coefficient (Wildman–Crippen LogP) is 3.03. The second kappa shape index (κ2) is 8.05. The zero-order valence-electron chi connectivity index (χ0n) is 16.6. The number of carbonyl (C=O) groups excluding carboxylic acids is 2. The van der Waals surface area contributed by atoms with Crippen molar-refractivity contribution in [2.45, 2.75) is 26.3 Å². The average molecular weight is 433 g/mol. The summed E-state index contributed by atoms with van der Waals surface area (Å²) in [6.45, 7) is 7.02. The lowest BCUT2D eigenvalue weighted by atomic mass is 10.0. The summed E-state index contributed by atoms with van der Waals surface area (Å²) in [5, 5.41) is 3.44. The third kappa shape index (κ3) is 4.17. The lowest BCUT2D eigenvalue weighted by Gasteiger charge is -2.29. The third-order valence-corrected chi connectivity index (χ3v) is 7.24. The number of hydrogen-bond donors (Lipinski definition) is 1. The van der Waals surface area contributed by atoms with E-state index in [2.05, 4.69) is 9.88 Å². The van der Waals surface area contributed by atoms with E-state index in [1.807, 2.05) is 42.3 Å². The summed E-state index contributed by atoms with van der Waals surface area (Å²) in [6, 6.07) is 5.88. The van der Waals surface area contributed by atoms with Crippen LogP contribution in [0, 0.1) is 25.7 Å². The molecule has 8 heteroatoms. The number of nitrogens with zero attached hydrogens (tertiary/aromatic N) is 3. The van der Waals surface area contributed by atoms with Crippen molar-refractivity contribution < 1.29 is 9.59 Å². The van der Waals surface area contributed by atoms with Crippen molar-refractivity contribution in [3.8, 4) is 0 Å². The number of thiazole rings is 1. The first-order valence-electron chi connectivity index (χ1n) is 9.81. The first-order valence-corrected chi connectivity index (χ1v) is 11.1. The van der Waals surface area contributed by atoms with E-state index in [4.69, 9.17) is 17.3 Å². The maximum atomic E-state index is 12.7. The number of hydrogen-bond acceptors (Lipinski definition) is 5. The van der Waals surface area contributed by atoms with Gasteiger partial charge in [-0.1, -0.05) is 23.7 Å². The highest BCUT2D eigenvalue weighted by molar-refractivity contribution is 7.09. The molecule has 1 aromatic heterocycles. The highest BCUT2D eigenvalue weighted by atomic mass is 35.5. The number of amides is 2. The zero-order valence-corrected chi connectivity index (χ0v) is 18.2. The van der Waals surface area contributed by atoms with Crippen LogP contribution in [0.25, 0.3) is 0 Å². The Morgan fingerprint density at radius 1 is 1.24 bits per heavy atom. The molecule has 2 fully saturated rings. The average Bonchev–Trinajstić information content (AvgIpc) is 3.36. The molecule has 2 N–H and O–H groups in total. The second-order valence-corrected chi connectivity index (χ2v) is 9.60. The number of fused-ring (bicyclic) bond motifs is 1. The van der Waals surface area contributed by atoms with Crippen LogP contribution in [0.2, 0.25) is 5.02 Å². The molecule has 2 aliphatic heterocycles. The summed E-state index contributed by atoms with van der Waals surface area (Å²) in [4.78, 5) is 33.1. The van der Waals surface area contributed by atoms with Crippen molar-refractivity contribution >= 4 is 34.8 Å². The first kappa shape index (κ1) is 20.3. The van der Waals surface area contributed by atoms with Gasteiger partial charge in [0, 0.05) is 49.0 Å². The molecule has 2 aromatic rings. The number of carbonyl (C=O) groups is 2. The van der Waals surface area contributed by atoms with Gasteiger partial charge in [-0.25, -0.2) is 4.98 Å². The number of rotatable bonds is 5. The van der Waals surface area contributed by atoms with Crippen LogP contribution in [0.1, 0.15) is 39.1 Å². The fourth-order valence-electron chi connectivity index (χ4n) is 4.54. The monoisotopic (exact) mass is 432 g/mol. The molecule has 2 aliphatic rings. The van der Waals surface area contributed by atoms with E-state index in [0.717, 1.165) is 42.3 Å². The molecule has 3 atom stereocenters. The maximum Gasteiger partial charge on any atom is 0.273 e. The Kier molecular flexibility index (Phi) is 5.64. The third-order valence-electron chi connectivity index (χ3n) is 6.06. The molecule has 0 bridgehead atoms. The quantitative estimate of drug-likeness (QED) is 0.787. The van der Waals surface area contributed by atoms with Gasteiger partial charge < -0.3 is 10.6 Å². The van der Waals surface area contributed by atoms with Crippen LogP contribution in [0.5, 0.6) is 0 Å². The van der Waals surface area contributed by atoms with Gasteiger partial charge in [0.05, 0.1) is 5.01 Å². The summed E-state index contributed by atoms with van der Waals surface area (Å²) in [6.07, 6.45) is 0.263. The fraction of sp³-hybridized carbons (Fsp3) is 0.476. The Hall–Kier alpha value is -1.96. The SMILES string of the molecule is Cc1nc(C(=O)N2CC3CN(C(CC(N)=O)c4ccc(C)c(Cl)c4)CC3C2)cs1. The Balaban J connectivity index is 1.46. The molecule has 1 aromatic carbocycles. The number of benzene rings is 1. The number of primary amides is 1. The highest BCUT2D eigenvalue weighted by Gasteiger charge is 2.44. The van der Waals surface area contributed by atoms with Crippen LogP contribution in [-0.4, -0.2) is 52.8 Å². The van der Waals surface area contributed by atoms with E-state index >= 15 is 0 Å². The van der Waals surface area contributed by atoms with Gasteiger partial charge in [-0.2, -0.15) is 0 Å². The minimum absolute atomic E-state index is 0.0225. The van der Waals surface area contributed by atoms with Gasteiger partial charge in [0.25, 0.3) is 5.91 Å². The Morgan fingerprint density at radius 2 is 1.93 bits per heavy atom. The van der Waals surface area contributed by atoms with Crippen LogP contribution < -0.4 is 5.73 Å². The van der Waals surface area contributed by atoms with Crippen molar-refractivity contribution in [2.75, 3.05) is 26.2 Å². The summed E-state index contributed by atoms with van der Waals surface area (Å²) in [7, 11) is 0. The van der Waals surface area contributed by atoms with Gasteiger partial charge >= 0.3 is 0 Å². The number of halogens is 1. The zero-order chi connectivity index (χ0) is 20.7. The Bertz CT molecular complexity index is 933. The molecule has 0 radical (unpaired) electrons. The number of aryl methyl sites for hydroxylation is 2. The molecule has 2 amide bonds. The topological polar surface area (TPSA) is 79.5 Å². The van der Waals surface area contributed by atoms with Crippen LogP contribution in [0.15, 0.2) is 23.6 Å². The summed E-state index contributed by atoms with van der Waals surface area (Å²) in [5.74, 6) is 0.499. The van der Waals surface area contributed by atoms with Crippen molar-refractivity contribution in [1.29, 1.82) is 0 Å². The van der Waals surface area contributed by atoms with Crippen LogP contribution in [0.4, 0.5) is 0 Å². The standard InChI is InChI=1S/C21H25ClN4O2S/c1-12-3-4-14(5-17(12)22)19(6-20(23)27)25-7-15-9-26(10-16(15)8-25)21(28)18-11-29-13(2)24-18/h3-5,11,15-16,19H,6-10H2,1-2H3,(H2,23,27). The minimum atomic E-state index is -0.320. The molecule has 3 unspecified atom stereocenters. The highest BCUT2D eigenvalue weighted by Crippen LogP contribution is 2.38. The van der Waals surface area contributed by atoms with Crippen molar-refractivity contribution in [3.05, 3.63) is 50.4 Å². The summed E-state index contributed by atoms with van der Waals surface area (Å²) >= 11 is 7.83. The van der Waals surface area contributed by atoms with Gasteiger partial charge in [0.2, 0.25) is 5.91 Å². The molecular weight excluding hydrogens is 408 g/mol. The molecule has 0 spiro atoms. The van der Waals surface area contributed by atoms with Gasteiger partial charge in [-0.3, -0.25) is 14.5 Å². The smallest absolute Gasteiger partial charge is 0.273 e.